The van der Waals surface area contributed by atoms with Gasteiger partial charge in [0.2, 0.25) is 5.91 Å². The molecule has 2 heterocycles. The van der Waals surface area contributed by atoms with Gasteiger partial charge in [0.25, 0.3) is 0 Å². The Bertz CT molecular complexity index is 819. The largest absolute Gasteiger partial charge is 0.390 e. The monoisotopic (exact) mass is 384 g/mol. The number of rotatable bonds is 4. The molecule has 1 saturated heterocycles. The number of benzene rings is 1. The van der Waals surface area contributed by atoms with Crippen molar-refractivity contribution in [3.8, 4) is 0 Å². The maximum atomic E-state index is 12.3. The van der Waals surface area contributed by atoms with Crippen LogP contribution < -0.4 is 10.6 Å². The summed E-state index contributed by atoms with van der Waals surface area (Å²) in [7, 11) is 0. The molecule has 0 aromatic heterocycles. The van der Waals surface area contributed by atoms with Crippen LogP contribution in [-0.4, -0.2) is 52.8 Å². The number of piperidine rings is 1. The minimum atomic E-state index is -0.651. The Morgan fingerprint density at radius 2 is 2.11 bits per heavy atom. The van der Waals surface area contributed by atoms with E-state index in [0.29, 0.717) is 37.3 Å². The van der Waals surface area contributed by atoms with Gasteiger partial charge in [-0.2, -0.15) is 0 Å². The van der Waals surface area contributed by atoms with E-state index >= 15 is 0 Å². The molecule has 0 spiro atoms. The van der Waals surface area contributed by atoms with Crippen molar-refractivity contribution in [3.05, 3.63) is 41.2 Å². The summed E-state index contributed by atoms with van der Waals surface area (Å²) in [5, 5.41) is 16.4. The maximum Gasteiger partial charge on any atom is 0.248 e. The number of amidine groups is 1. The molecule has 2 aliphatic heterocycles. The molecule has 0 radical (unpaired) electrons. The number of anilines is 1. The first-order valence-electron chi connectivity index (χ1n) is 9.72. The number of aldehydes is 1. The number of likely N-dealkylation sites (tertiary alicyclic amines) is 1. The fourth-order valence-corrected chi connectivity index (χ4v) is 3.53. The van der Waals surface area contributed by atoms with Crippen molar-refractivity contribution < 1.29 is 14.7 Å². The summed E-state index contributed by atoms with van der Waals surface area (Å²) >= 11 is 0. The average Bonchev–Trinajstić information content (AvgIpc) is 2.80. The molecule has 3 rings (SSSR count). The third-order valence-electron chi connectivity index (χ3n) is 5.37. The zero-order valence-corrected chi connectivity index (χ0v) is 16.7. The molecule has 7 heteroatoms. The second-order valence-corrected chi connectivity index (χ2v) is 7.77. The molecule has 150 valence electrons. The van der Waals surface area contributed by atoms with E-state index < -0.39 is 5.60 Å². The fraction of sp³-hybridized carbons (Fsp3) is 0.476. The molecule has 0 bridgehead atoms. The van der Waals surface area contributed by atoms with Crippen LogP contribution in [0.25, 0.3) is 0 Å². The molecule has 7 nitrogen and oxygen atoms in total. The number of aliphatic imine (C=N–C) groups is 1. The van der Waals surface area contributed by atoms with Gasteiger partial charge in [0.1, 0.15) is 17.9 Å². The maximum absolute atomic E-state index is 12.3. The third-order valence-corrected chi connectivity index (χ3v) is 5.37. The van der Waals surface area contributed by atoms with Crippen LogP contribution in [0.4, 0.5) is 5.69 Å². The van der Waals surface area contributed by atoms with Gasteiger partial charge in [-0.1, -0.05) is 6.92 Å². The van der Waals surface area contributed by atoms with Crippen molar-refractivity contribution in [1.82, 2.24) is 10.2 Å². The number of amides is 1. The SMILES string of the molecule is CCC1NC(=O)C=C(Nc2ccc(C=O)c(C)c2)N=C1N1CCC(C)(O)CC1. The highest BCUT2D eigenvalue weighted by Gasteiger charge is 2.32. The predicted molar refractivity (Wildman–Crippen MR) is 109 cm³/mol. The molecule has 2 aliphatic rings. The highest BCUT2D eigenvalue weighted by atomic mass is 16.3. The number of aliphatic hydroxyl groups is 1. The minimum absolute atomic E-state index is 0.176. The first-order valence-corrected chi connectivity index (χ1v) is 9.72. The lowest BCUT2D eigenvalue weighted by molar-refractivity contribution is -0.116. The van der Waals surface area contributed by atoms with Crippen molar-refractivity contribution in [2.45, 2.75) is 51.7 Å². The fourth-order valence-electron chi connectivity index (χ4n) is 3.53. The molecule has 1 aromatic carbocycles. The Balaban J connectivity index is 1.87. The number of carbonyl (C=O) groups excluding carboxylic acids is 2. The molecule has 3 N–H and O–H groups in total. The summed E-state index contributed by atoms with van der Waals surface area (Å²) in [5.74, 6) is 1.07. The van der Waals surface area contributed by atoms with Crippen LogP contribution in [0.2, 0.25) is 0 Å². The topological polar surface area (TPSA) is 94.0 Å². The highest BCUT2D eigenvalue weighted by molar-refractivity contribution is 5.98. The third kappa shape index (κ3) is 4.59. The predicted octanol–water partition coefficient (Wildman–Crippen LogP) is 2.21. The summed E-state index contributed by atoms with van der Waals surface area (Å²) in [6.45, 7) is 7.12. The number of aryl methyl sites for hydroxylation is 1. The number of hydrogen-bond acceptors (Lipinski definition) is 6. The molecule has 1 unspecified atom stereocenters. The average molecular weight is 384 g/mol. The lowest BCUT2D eigenvalue weighted by atomic mass is 9.93. The molecular formula is C21H28N4O3. The highest BCUT2D eigenvalue weighted by Crippen LogP contribution is 2.24. The van der Waals surface area contributed by atoms with E-state index in [9.17, 15) is 14.7 Å². The number of carbonyl (C=O) groups is 2. The summed E-state index contributed by atoms with van der Waals surface area (Å²) in [6.07, 6.45) is 4.33. The van der Waals surface area contributed by atoms with Crippen LogP contribution in [0.3, 0.4) is 0 Å². The van der Waals surface area contributed by atoms with E-state index in [4.69, 9.17) is 4.99 Å². The van der Waals surface area contributed by atoms with Gasteiger partial charge in [0, 0.05) is 30.4 Å². The molecule has 1 amide bonds. The van der Waals surface area contributed by atoms with Crippen LogP contribution in [0, 0.1) is 6.92 Å². The lowest BCUT2D eigenvalue weighted by Crippen LogP contribution is -2.52. The van der Waals surface area contributed by atoms with Crippen LogP contribution in [-0.2, 0) is 4.79 Å². The van der Waals surface area contributed by atoms with Gasteiger partial charge in [0.05, 0.1) is 11.6 Å². The molecule has 28 heavy (non-hydrogen) atoms. The van der Waals surface area contributed by atoms with Crippen molar-refractivity contribution >= 4 is 23.7 Å². The number of nitrogens with zero attached hydrogens (tertiary/aromatic N) is 2. The van der Waals surface area contributed by atoms with Gasteiger partial charge in [-0.05, 0) is 56.9 Å². The summed E-state index contributed by atoms with van der Waals surface area (Å²) in [5.41, 5.74) is 1.60. The lowest BCUT2D eigenvalue weighted by Gasteiger charge is -2.39. The van der Waals surface area contributed by atoms with Crippen molar-refractivity contribution in [3.63, 3.8) is 0 Å². The zero-order chi connectivity index (χ0) is 20.3. The molecular weight excluding hydrogens is 356 g/mol. The Morgan fingerprint density at radius 3 is 2.71 bits per heavy atom. The molecule has 1 atom stereocenters. The van der Waals surface area contributed by atoms with Crippen LogP contribution in [0.5, 0.6) is 0 Å². The second-order valence-electron chi connectivity index (χ2n) is 7.77. The standard InChI is InChI=1S/C21H28N4O3/c1-4-17-20(25-9-7-21(3,28)8-10-25)24-18(12-19(27)23-17)22-16-6-5-15(13-26)14(2)11-16/h5-6,11-13,17,22,28H,4,7-10H2,1-3H3,(H,23,27). The summed E-state index contributed by atoms with van der Waals surface area (Å²) in [6, 6.07) is 5.22. The van der Waals surface area contributed by atoms with E-state index in [2.05, 4.69) is 15.5 Å². The van der Waals surface area contributed by atoms with Crippen molar-refractivity contribution in [2.24, 2.45) is 4.99 Å². The first kappa shape index (κ1) is 20.1. The van der Waals surface area contributed by atoms with Crippen LogP contribution in [0.1, 0.15) is 49.0 Å². The van der Waals surface area contributed by atoms with Crippen LogP contribution >= 0.6 is 0 Å². The van der Waals surface area contributed by atoms with Crippen molar-refractivity contribution in [1.29, 1.82) is 0 Å². The number of nitrogens with one attached hydrogen (secondary N) is 2. The van der Waals surface area contributed by atoms with Gasteiger partial charge in [-0.3, -0.25) is 9.59 Å². The number of hydrogen-bond donors (Lipinski definition) is 3. The van der Waals surface area contributed by atoms with Crippen LogP contribution in [0.15, 0.2) is 35.1 Å². The van der Waals surface area contributed by atoms with Crippen molar-refractivity contribution in [2.75, 3.05) is 18.4 Å². The normalized spacial score (nSPS) is 21.9. The van der Waals surface area contributed by atoms with E-state index in [1.54, 1.807) is 12.1 Å². The molecule has 0 aliphatic carbocycles. The van der Waals surface area contributed by atoms with Gasteiger partial charge >= 0.3 is 0 Å². The van der Waals surface area contributed by atoms with E-state index in [1.165, 1.54) is 6.08 Å². The van der Waals surface area contributed by atoms with E-state index in [0.717, 1.165) is 29.8 Å². The quantitative estimate of drug-likeness (QED) is 0.692. The Kier molecular flexibility index (Phi) is 5.84. The zero-order valence-electron chi connectivity index (χ0n) is 16.7. The Hall–Kier alpha value is -2.67. The molecule has 0 saturated carbocycles. The van der Waals surface area contributed by atoms with E-state index in [1.807, 2.05) is 26.8 Å². The summed E-state index contributed by atoms with van der Waals surface area (Å²) < 4.78 is 0. The Morgan fingerprint density at radius 1 is 1.39 bits per heavy atom. The van der Waals surface area contributed by atoms with E-state index in [-0.39, 0.29) is 11.9 Å². The second kappa shape index (κ2) is 8.14. The van der Waals surface area contributed by atoms with Gasteiger partial charge in [0.15, 0.2) is 0 Å². The van der Waals surface area contributed by atoms with Gasteiger partial charge < -0.3 is 20.6 Å². The molecule has 1 aromatic rings. The Labute approximate surface area is 165 Å². The summed E-state index contributed by atoms with van der Waals surface area (Å²) in [4.78, 5) is 30.3. The van der Waals surface area contributed by atoms with Gasteiger partial charge in [-0.15, -0.1) is 0 Å². The smallest absolute Gasteiger partial charge is 0.248 e. The molecule has 1 fully saturated rings. The first-order chi connectivity index (χ1) is 13.3. The van der Waals surface area contributed by atoms with Gasteiger partial charge in [-0.25, -0.2) is 4.99 Å². The minimum Gasteiger partial charge on any atom is -0.390 e.